The van der Waals surface area contributed by atoms with Crippen molar-refractivity contribution in [3.8, 4) is 5.75 Å². The molecule has 2 N–H and O–H groups in total. The summed E-state index contributed by atoms with van der Waals surface area (Å²) in [5.41, 5.74) is 1.78. The van der Waals surface area contributed by atoms with Gasteiger partial charge in [0.05, 0.1) is 34.5 Å². The van der Waals surface area contributed by atoms with Gasteiger partial charge in [0.25, 0.3) is 11.8 Å². The number of nitrogens with zero attached hydrogens (tertiary/aromatic N) is 4. The molecule has 0 spiro atoms. The lowest BCUT2D eigenvalue weighted by Gasteiger charge is -2.08. The Labute approximate surface area is 194 Å². The second-order valence-corrected chi connectivity index (χ2v) is 7.60. The zero-order valence-electron chi connectivity index (χ0n) is 18.1. The molecule has 0 aliphatic carbocycles. The zero-order chi connectivity index (χ0) is 23.5. The molecule has 0 aliphatic rings. The van der Waals surface area contributed by atoms with Gasteiger partial charge in [-0.1, -0.05) is 23.7 Å². The zero-order valence-corrected chi connectivity index (χ0v) is 18.9. The van der Waals surface area contributed by atoms with Gasteiger partial charge in [-0.2, -0.15) is 10.2 Å². The predicted octanol–water partition coefficient (Wildman–Crippen LogP) is 3.79. The fraction of sp³-hybridized carbons (Fsp3) is 0.182. The van der Waals surface area contributed by atoms with E-state index in [2.05, 4.69) is 20.8 Å². The summed E-state index contributed by atoms with van der Waals surface area (Å²) in [6.07, 6.45) is 2.95. The first kappa shape index (κ1) is 22.2. The number of hydrogen-bond donors (Lipinski definition) is 2. The molecule has 170 valence electrons. The molecular weight excluding hydrogens is 448 g/mol. The number of para-hydroxylation sites is 1. The van der Waals surface area contributed by atoms with Crippen LogP contribution in [0.5, 0.6) is 5.75 Å². The van der Waals surface area contributed by atoms with Gasteiger partial charge in [-0.05, 0) is 31.2 Å². The first-order valence-corrected chi connectivity index (χ1v) is 10.3. The van der Waals surface area contributed by atoms with E-state index in [9.17, 15) is 9.59 Å². The molecule has 0 bridgehead atoms. The SMILES string of the molecule is Cc1c(NC(=O)c2c(NC(=O)c3ccc(COc4ccccc4Cl)o3)cnn2C)cnn1C. The maximum atomic E-state index is 12.8. The Bertz CT molecular complexity index is 1320. The Morgan fingerprint density at radius 3 is 2.42 bits per heavy atom. The summed E-state index contributed by atoms with van der Waals surface area (Å²) < 4.78 is 14.2. The number of aryl methyl sites for hydroxylation is 2. The van der Waals surface area contributed by atoms with Crippen molar-refractivity contribution >= 4 is 34.8 Å². The van der Waals surface area contributed by atoms with Crippen LogP contribution in [0.15, 0.2) is 53.2 Å². The molecule has 10 nitrogen and oxygen atoms in total. The molecule has 0 radical (unpaired) electrons. The number of ether oxygens (including phenoxy) is 1. The van der Waals surface area contributed by atoms with Crippen molar-refractivity contribution in [3.63, 3.8) is 0 Å². The van der Waals surface area contributed by atoms with Crippen LogP contribution in [0.25, 0.3) is 0 Å². The molecule has 3 aromatic heterocycles. The molecule has 0 unspecified atom stereocenters. The molecule has 33 heavy (non-hydrogen) atoms. The van der Waals surface area contributed by atoms with Gasteiger partial charge in [0.1, 0.15) is 23.8 Å². The van der Waals surface area contributed by atoms with Crippen LogP contribution in [0.2, 0.25) is 5.02 Å². The highest BCUT2D eigenvalue weighted by molar-refractivity contribution is 6.32. The molecule has 4 aromatic rings. The fourth-order valence-corrected chi connectivity index (χ4v) is 3.26. The number of halogens is 1. The van der Waals surface area contributed by atoms with Crippen LogP contribution >= 0.6 is 11.6 Å². The van der Waals surface area contributed by atoms with Gasteiger partial charge in [-0.15, -0.1) is 0 Å². The quantitative estimate of drug-likeness (QED) is 0.426. The van der Waals surface area contributed by atoms with Crippen molar-refractivity contribution in [3.05, 3.63) is 76.7 Å². The van der Waals surface area contributed by atoms with Gasteiger partial charge in [0, 0.05) is 14.1 Å². The summed E-state index contributed by atoms with van der Waals surface area (Å²) in [6.45, 7) is 1.93. The number of carbonyl (C=O) groups excluding carboxylic acids is 2. The van der Waals surface area contributed by atoms with Gasteiger partial charge in [-0.25, -0.2) is 0 Å². The Morgan fingerprint density at radius 1 is 1.00 bits per heavy atom. The van der Waals surface area contributed by atoms with Crippen molar-refractivity contribution in [1.29, 1.82) is 0 Å². The van der Waals surface area contributed by atoms with Gasteiger partial charge in [0.15, 0.2) is 5.76 Å². The number of hydrogen-bond acceptors (Lipinski definition) is 6. The van der Waals surface area contributed by atoms with Crippen molar-refractivity contribution < 1.29 is 18.7 Å². The highest BCUT2D eigenvalue weighted by Crippen LogP contribution is 2.25. The summed E-state index contributed by atoms with van der Waals surface area (Å²) in [5, 5.41) is 14.1. The van der Waals surface area contributed by atoms with Gasteiger partial charge in [-0.3, -0.25) is 19.0 Å². The number of aromatic nitrogens is 4. The second kappa shape index (κ2) is 9.21. The van der Waals surface area contributed by atoms with E-state index in [-0.39, 0.29) is 23.7 Å². The van der Waals surface area contributed by atoms with E-state index in [1.807, 2.05) is 6.92 Å². The standard InChI is InChI=1S/C22H21ClN6O4/c1-13-16(10-24-28(13)2)26-22(31)20-17(11-25-29(20)3)27-21(30)19-9-8-14(33-19)12-32-18-7-5-4-6-15(18)23/h4-11H,12H2,1-3H3,(H,26,31)(H,27,30). The van der Waals surface area contributed by atoms with Crippen LogP contribution < -0.4 is 15.4 Å². The number of carbonyl (C=O) groups is 2. The first-order valence-electron chi connectivity index (χ1n) is 9.93. The minimum atomic E-state index is -0.529. The first-order chi connectivity index (χ1) is 15.8. The molecule has 0 atom stereocenters. The van der Waals surface area contributed by atoms with E-state index in [0.717, 1.165) is 5.69 Å². The Kier molecular flexibility index (Phi) is 6.18. The molecule has 0 fully saturated rings. The predicted molar refractivity (Wildman–Crippen MR) is 122 cm³/mol. The third-order valence-electron chi connectivity index (χ3n) is 4.98. The van der Waals surface area contributed by atoms with Crippen molar-refractivity contribution in [2.75, 3.05) is 10.6 Å². The smallest absolute Gasteiger partial charge is 0.291 e. The van der Waals surface area contributed by atoms with E-state index in [1.165, 1.54) is 16.9 Å². The van der Waals surface area contributed by atoms with Crippen LogP contribution in [0.1, 0.15) is 32.5 Å². The summed E-state index contributed by atoms with van der Waals surface area (Å²) >= 11 is 6.07. The molecule has 3 heterocycles. The van der Waals surface area contributed by atoms with E-state index in [0.29, 0.717) is 22.2 Å². The van der Waals surface area contributed by atoms with Crippen LogP contribution in [0.4, 0.5) is 11.4 Å². The molecule has 4 rings (SSSR count). The van der Waals surface area contributed by atoms with Crippen LogP contribution in [-0.2, 0) is 20.7 Å². The number of nitrogens with one attached hydrogen (secondary N) is 2. The number of rotatable bonds is 7. The Morgan fingerprint density at radius 2 is 1.70 bits per heavy atom. The topological polar surface area (TPSA) is 116 Å². The van der Waals surface area contributed by atoms with Crippen molar-refractivity contribution in [2.24, 2.45) is 14.1 Å². The molecule has 0 aliphatic heterocycles. The molecular formula is C22H21ClN6O4. The number of furan rings is 1. The van der Waals surface area contributed by atoms with Crippen LogP contribution in [0.3, 0.4) is 0 Å². The van der Waals surface area contributed by atoms with Gasteiger partial charge in [0.2, 0.25) is 0 Å². The van der Waals surface area contributed by atoms with Crippen molar-refractivity contribution in [2.45, 2.75) is 13.5 Å². The average Bonchev–Trinajstić information content (AvgIpc) is 3.49. The molecule has 1 aromatic carbocycles. The highest BCUT2D eigenvalue weighted by atomic mass is 35.5. The summed E-state index contributed by atoms with van der Waals surface area (Å²) in [4.78, 5) is 25.5. The maximum Gasteiger partial charge on any atom is 0.291 e. The summed E-state index contributed by atoms with van der Waals surface area (Å²) in [5.74, 6) is 0.0482. The van der Waals surface area contributed by atoms with Crippen LogP contribution in [0, 0.1) is 6.92 Å². The molecule has 2 amide bonds. The van der Waals surface area contributed by atoms with Crippen molar-refractivity contribution in [1.82, 2.24) is 19.6 Å². The minimum Gasteiger partial charge on any atom is -0.484 e. The van der Waals surface area contributed by atoms with Gasteiger partial charge >= 0.3 is 0 Å². The third-order valence-corrected chi connectivity index (χ3v) is 5.29. The fourth-order valence-electron chi connectivity index (χ4n) is 3.07. The minimum absolute atomic E-state index is 0.0612. The van der Waals surface area contributed by atoms with E-state index >= 15 is 0 Å². The largest absolute Gasteiger partial charge is 0.484 e. The summed E-state index contributed by atoms with van der Waals surface area (Å²) in [6, 6.07) is 10.2. The third kappa shape index (κ3) is 4.75. The normalized spacial score (nSPS) is 10.8. The van der Waals surface area contributed by atoms with E-state index in [4.69, 9.17) is 20.8 Å². The number of benzene rings is 1. The Hall–Kier alpha value is -4.05. The lowest BCUT2D eigenvalue weighted by atomic mass is 10.3. The molecule has 0 saturated carbocycles. The molecule has 0 saturated heterocycles. The summed E-state index contributed by atoms with van der Waals surface area (Å²) in [7, 11) is 3.38. The average molecular weight is 469 g/mol. The monoisotopic (exact) mass is 468 g/mol. The van der Waals surface area contributed by atoms with Gasteiger partial charge < -0.3 is 19.8 Å². The lowest BCUT2D eigenvalue weighted by Crippen LogP contribution is -2.20. The van der Waals surface area contributed by atoms with E-state index in [1.54, 1.807) is 55.3 Å². The lowest BCUT2D eigenvalue weighted by molar-refractivity contribution is 0.0992. The van der Waals surface area contributed by atoms with Crippen LogP contribution in [-0.4, -0.2) is 31.4 Å². The highest BCUT2D eigenvalue weighted by Gasteiger charge is 2.22. The van der Waals surface area contributed by atoms with E-state index < -0.39 is 11.8 Å². The number of anilines is 2. The maximum absolute atomic E-state index is 12.8. The Balaban J connectivity index is 1.43. The molecule has 11 heteroatoms. The second-order valence-electron chi connectivity index (χ2n) is 7.19. The number of amides is 2.